The first-order chi connectivity index (χ1) is 10.1. The van der Waals surface area contributed by atoms with Crippen molar-refractivity contribution in [2.45, 2.75) is 58.1 Å². The highest BCUT2D eigenvalue weighted by molar-refractivity contribution is 5.89. The van der Waals surface area contributed by atoms with Crippen LogP contribution in [0.25, 0.3) is 0 Å². The average molecular weight is 290 g/mol. The van der Waals surface area contributed by atoms with E-state index in [0.717, 1.165) is 31.6 Å². The number of nitrogens with one attached hydrogen (secondary N) is 2. The maximum absolute atomic E-state index is 12.0. The summed E-state index contributed by atoms with van der Waals surface area (Å²) in [5.74, 6) is 0.549. The molecule has 1 aromatic carbocycles. The van der Waals surface area contributed by atoms with Gasteiger partial charge in [0.15, 0.2) is 0 Å². The Morgan fingerprint density at radius 2 is 2.05 bits per heavy atom. The van der Waals surface area contributed by atoms with Crippen molar-refractivity contribution in [2.24, 2.45) is 0 Å². The van der Waals surface area contributed by atoms with Gasteiger partial charge in [-0.1, -0.05) is 26.0 Å². The minimum absolute atomic E-state index is 0.0342. The Kier molecular flexibility index (Phi) is 5.62. The highest BCUT2D eigenvalue weighted by Crippen LogP contribution is 2.20. The van der Waals surface area contributed by atoms with Crippen molar-refractivity contribution in [1.82, 2.24) is 5.32 Å². The zero-order valence-electron chi connectivity index (χ0n) is 13.2. The van der Waals surface area contributed by atoms with Crippen LogP contribution in [0.1, 0.15) is 51.5 Å². The number of rotatable bonds is 5. The number of carbonyl (C=O) groups is 1. The molecule has 1 aromatic rings. The highest BCUT2D eigenvalue weighted by atomic mass is 16.5. The van der Waals surface area contributed by atoms with Gasteiger partial charge < -0.3 is 15.4 Å². The lowest BCUT2D eigenvalue weighted by atomic mass is 9.99. The van der Waals surface area contributed by atoms with Crippen molar-refractivity contribution < 1.29 is 9.53 Å². The quantitative estimate of drug-likeness (QED) is 0.864. The van der Waals surface area contributed by atoms with Crippen LogP contribution in [-0.2, 0) is 4.74 Å². The predicted octanol–water partition coefficient (Wildman–Crippen LogP) is 3.89. The first-order valence-electron chi connectivity index (χ1n) is 7.89. The molecule has 0 aliphatic carbocycles. The second-order valence-electron chi connectivity index (χ2n) is 5.87. The van der Waals surface area contributed by atoms with Gasteiger partial charge in [-0.25, -0.2) is 4.79 Å². The van der Waals surface area contributed by atoms with Gasteiger partial charge in [0.1, 0.15) is 0 Å². The Morgan fingerprint density at radius 3 is 2.62 bits per heavy atom. The van der Waals surface area contributed by atoms with E-state index >= 15 is 0 Å². The molecule has 1 fully saturated rings. The van der Waals surface area contributed by atoms with E-state index in [4.69, 9.17) is 4.74 Å². The standard InChI is InChI=1S/C17H26N2O2/c1-4-12(2)14-7-9-15(10-8-14)19-17(20)18-13(3)16-6-5-11-21-16/h7-10,12-13,16H,4-6,11H2,1-3H3,(H2,18,19,20)/t12-,13+,16-/m0/s1. The fourth-order valence-electron chi connectivity index (χ4n) is 2.59. The first-order valence-corrected chi connectivity index (χ1v) is 7.89. The van der Waals surface area contributed by atoms with Gasteiger partial charge in [0, 0.05) is 12.3 Å². The number of ether oxygens (including phenoxy) is 1. The van der Waals surface area contributed by atoms with Crippen LogP contribution in [-0.4, -0.2) is 24.8 Å². The third-order valence-electron chi connectivity index (χ3n) is 4.23. The summed E-state index contributed by atoms with van der Waals surface area (Å²) in [6.07, 6.45) is 3.36. The molecule has 1 heterocycles. The number of carbonyl (C=O) groups excluding carboxylic acids is 1. The molecule has 0 unspecified atom stereocenters. The summed E-state index contributed by atoms with van der Waals surface area (Å²) in [4.78, 5) is 12.0. The molecule has 2 N–H and O–H groups in total. The van der Waals surface area contributed by atoms with Crippen LogP contribution in [0.5, 0.6) is 0 Å². The van der Waals surface area contributed by atoms with Crippen LogP contribution in [0.2, 0.25) is 0 Å². The van der Waals surface area contributed by atoms with Crippen LogP contribution in [0.4, 0.5) is 10.5 Å². The normalized spacial score (nSPS) is 20.8. The van der Waals surface area contributed by atoms with Gasteiger partial charge in [-0.15, -0.1) is 0 Å². The summed E-state index contributed by atoms with van der Waals surface area (Å²) in [7, 11) is 0. The minimum Gasteiger partial charge on any atom is -0.376 e. The topological polar surface area (TPSA) is 50.4 Å². The van der Waals surface area contributed by atoms with Gasteiger partial charge in [-0.2, -0.15) is 0 Å². The largest absolute Gasteiger partial charge is 0.376 e. The molecule has 1 aliphatic heterocycles. The summed E-state index contributed by atoms with van der Waals surface area (Å²) in [5, 5.41) is 5.82. The van der Waals surface area contributed by atoms with E-state index in [0.29, 0.717) is 5.92 Å². The van der Waals surface area contributed by atoms with Gasteiger partial charge in [0.25, 0.3) is 0 Å². The van der Waals surface area contributed by atoms with Crippen LogP contribution in [0.15, 0.2) is 24.3 Å². The number of benzene rings is 1. The molecular formula is C17H26N2O2. The lowest BCUT2D eigenvalue weighted by Gasteiger charge is -2.20. The molecule has 21 heavy (non-hydrogen) atoms. The zero-order valence-corrected chi connectivity index (χ0v) is 13.2. The molecule has 116 valence electrons. The highest BCUT2D eigenvalue weighted by Gasteiger charge is 2.23. The number of urea groups is 1. The maximum atomic E-state index is 12.0. The van der Waals surface area contributed by atoms with E-state index in [2.05, 4.69) is 36.6 Å². The van der Waals surface area contributed by atoms with Crippen molar-refractivity contribution in [1.29, 1.82) is 0 Å². The van der Waals surface area contributed by atoms with Crippen molar-refractivity contribution in [2.75, 3.05) is 11.9 Å². The number of anilines is 1. The Morgan fingerprint density at radius 1 is 1.33 bits per heavy atom. The first kappa shape index (κ1) is 15.8. The molecule has 0 spiro atoms. The van der Waals surface area contributed by atoms with Crippen molar-refractivity contribution in [3.63, 3.8) is 0 Å². The monoisotopic (exact) mass is 290 g/mol. The maximum Gasteiger partial charge on any atom is 0.319 e. The number of amides is 2. The molecule has 1 saturated heterocycles. The van der Waals surface area contributed by atoms with E-state index in [1.165, 1.54) is 5.56 Å². The van der Waals surface area contributed by atoms with Gasteiger partial charge in [-0.05, 0) is 49.8 Å². The van der Waals surface area contributed by atoms with Crippen molar-refractivity contribution in [3.8, 4) is 0 Å². The van der Waals surface area contributed by atoms with E-state index in [1.807, 2.05) is 19.1 Å². The summed E-state index contributed by atoms with van der Waals surface area (Å²) >= 11 is 0. The third-order valence-corrected chi connectivity index (χ3v) is 4.23. The molecular weight excluding hydrogens is 264 g/mol. The Bertz CT molecular complexity index is 452. The Labute approximate surface area is 127 Å². The fraction of sp³-hybridized carbons (Fsp3) is 0.588. The molecule has 0 radical (unpaired) electrons. The molecule has 2 amide bonds. The zero-order chi connectivity index (χ0) is 15.2. The average Bonchev–Trinajstić information content (AvgIpc) is 3.01. The molecule has 4 heteroatoms. The van der Waals surface area contributed by atoms with E-state index in [-0.39, 0.29) is 18.2 Å². The van der Waals surface area contributed by atoms with E-state index < -0.39 is 0 Å². The molecule has 0 bridgehead atoms. The van der Waals surface area contributed by atoms with Crippen molar-refractivity contribution in [3.05, 3.63) is 29.8 Å². The second-order valence-corrected chi connectivity index (χ2v) is 5.87. The van der Waals surface area contributed by atoms with Crippen LogP contribution in [0, 0.1) is 0 Å². The summed E-state index contributed by atoms with van der Waals surface area (Å²) < 4.78 is 5.58. The van der Waals surface area contributed by atoms with E-state index in [9.17, 15) is 4.79 Å². The van der Waals surface area contributed by atoms with Crippen LogP contribution >= 0.6 is 0 Å². The predicted molar refractivity (Wildman–Crippen MR) is 85.7 cm³/mol. The number of hydrogen-bond donors (Lipinski definition) is 2. The lowest BCUT2D eigenvalue weighted by molar-refractivity contribution is 0.0868. The smallest absolute Gasteiger partial charge is 0.319 e. The van der Waals surface area contributed by atoms with Gasteiger partial charge in [-0.3, -0.25) is 0 Å². The SMILES string of the molecule is CC[C@H](C)c1ccc(NC(=O)N[C@H](C)[C@@H]2CCCO2)cc1. The van der Waals surface area contributed by atoms with Crippen LogP contribution in [0.3, 0.4) is 0 Å². The van der Waals surface area contributed by atoms with Gasteiger partial charge in [0.2, 0.25) is 0 Å². The molecule has 1 aliphatic rings. The Balaban J connectivity index is 1.84. The summed E-state index contributed by atoms with van der Waals surface area (Å²) in [5.41, 5.74) is 2.12. The minimum atomic E-state index is -0.172. The summed E-state index contributed by atoms with van der Waals surface area (Å²) in [6.45, 7) is 7.17. The van der Waals surface area contributed by atoms with Crippen molar-refractivity contribution >= 4 is 11.7 Å². The third kappa shape index (κ3) is 4.46. The fourth-order valence-corrected chi connectivity index (χ4v) is 2.59. The summed E-state index contributed by atoms with van der Waals surface area (Å²) in [6, 6.07) is 7.93. The van der Waals surface area contributed by atoms with E-state index in [1.54, 1.807) is 0 Å². The molecule has 3 atom stereocenters. The Hall–Kier alpha value is -1.55. The van der Waals surface area contributed by atoms with Crippen LogP contribution < -0.4 is 10.6 Å². The van der Waals surface area contributed by atoms with Gasteiger partial charge in [0.05, 0.1) is 12.1 Å². The molecule has 0 aromatic heterocycles. The molecule has 0 saturated carbocycles. The second kappa shape index (κ2) is 7.46. The molecule has 2 rings (SSSR count). The van der Waals surface area contributed by atoms with Gasteiger partial charge >= 0.3 is 6.03 Å². The molecule has 4 nitrogen and oxygen atoms in total. The lowest BCUT2D eigenvalue weighted by Crippen LogP contribution is -2.42. The number of hydrogen-bond acceptors (Lipinski definition) is 2.